The molecule has 1 fully saturated rings. The van der Waals surface area contributed by atoms with Crippen molar-refractivity contribution in [3.63, 3.8) is 0 Å². The van der Waals surface area contributed by atoms with Crippen LogP contribution in [-0.4, -0.2) is 59.8 Å². The minimum absolute atomic E-state index is 0.402. The number of ether oxygens (including phenoxy) is 1. The van der Waals surface area contributed by atoms with Crippen molar-refractivity contribution >= 4 is 22.1 Å². The highest BCUT2D eigenvalue weighted by Crippen LogP contribution is 2.34. The van der Waals surface area contributed by atoms with E-state index in [1.165, 1.54) is 17.2 Å². The minimum Gasteiger partial charge on any atom is -0.454 e. The molecule has 138 valence electrons. The minimum atomic E-state index is -1.22. The van der Waals surface area contributed by atoms with Crippen molar-refractivity contribution in [2.24, 2.45) is 0 Å². The van der Waals surface area contributed by atoms with Gasteiger partial charge in [0.1, 0.15) is 41.4 Å². The second-order valence-electron chi connectivity index (χ2n) is 6.42. The number of rotatable bonds is 3. The van der Waals surface area contributed by atoms with E-state index >= 15 is 0 Å². The number of hydrogen-bond donors (Lipinski definition) is 3. The molecule has 3 aromatic heterocycles. The summed E-state index contributed by atoms with van der Waals surface area (Å²) in [5.74, 6) is 0.551. The monoisotopic (exact) mass is 368 g/mol. The standard InChI is InChI=1S/C18H16N4O5/c23-6-12-15(24)16(25)18(27-12)22-8-21-14-13(19-7-20-17(14)22)11-5-9-3-1-2-4-10(9)26-11/h1-5,7-8,12,15-16,18,23-25H,6H2/t12-,15-,16-,18?/m1/s1. The normalized spacial score (nSPS) is 25.6. The second-order valence-corrected chi connectivity index (χ2v) is 6.42. The maximum atomic E-state index is 10.3. The van der Waals surface area contributed by atoms with Crippen LogP contribution in [0.3, 0.4) is 0 Å². The highest BCUT2D eigenvalue weighted by Gasteiger charge is 2.44. The molecule has 0 aliphatic carbocycles. The number of fused-ring (bicyclic) bond motifs is 2. The van der Waals surface area contributed by atoms with Crippen LogP contribution < -0.4 is 0 Å². The number of nitrogens with zero attached hydrogens (tertiary/aromatic N) is 4. The topological polar surface area (TPSA) is 127 Å². The third-order valence-corrected chi connectivity index (χ3v) is 4.81. The number of aliphatic hydroxyl groups is 3. The Morgan fingerprint density at radius 2 is 1.93 bits per heavy atom. The van der Waals surface area contributed by atoms with Crippen LogP contribution in [0.5, 0.6) is 0 Å². The van der Waals surface area contributed by atoms with Crippen molar-refractivity contribution in [1.29, 1.82) is 0 Å². The number of furan rings is 1. The van der Waals surface area contributed by atoms with Crippen LogP contribution >= 0.6 is 0 Å². The highest BCUT2D eigenvalue weighted by atomic mass is 16.6. The van der Waals surface area contributed by atoms with E-state index in [0.717, 1.165) is 11.0 Å². The molecule has 0 radical (unpaired) electrons. The maximum Gasteiger partial charge on any atom is 0.166 e. The highest BCUT2D eigenvalue weighted by molar-refractivity contribution is 5.90. The molecule has 1 aliphatic rings. The van der Waals surface area contributed by atoms with Crippen LogP contribution in [0.4, 0.5) is 0 Å². The molecule has 9 nitrogen and oxygen atoms in total. The Bertz CT molecular complexity index is 1090. The first-order valence-corrected chi connectivity index (χ1v) is 8.46. The lowest BCUT2D eigenvalue weighted by Gasteiger charge is -2.16. The molecule has 0 spiro atoms. The van der Waals surface area contributed by atoms with E-state index in [9.17, 15) is 15.3 Å². The number of para-hydroxylation sites is 1. The summed E-state index contributed by atoms with van der Waals surface area (Å²) in [5, 5.41) is 30.5. The first-order valence-electron chi connectivity index (χ1n) is 8.46. The zero-order chi connectivity index (χ0) is 18.5. The summed E-state index contributed by atoms with van der Waals surface area (Å²) in [4.78, 5) is 12.9. The summed E-state index contributed by atoms with van der Waals surface area (Å²) in [5.41, 5.74) is 2.16. The molecule has 5 rings (SSSR count). The van der Waals surface area contributed by atoms with Gasteiger partial charge in [0.15, 0.2) is 17.6 Å². The van der Waals surface area contributed by atoms with Crippen LogP contribution in [0.25, 0.3) is 33.6 Å². The molecule has 0 saturated carbocycles. The third-order valence-electron chi connectivity index (χ3n) is 4.81. The predicted molar refractivity (Wildman–Crippen MR) is 93.5 cm³/mol. The quantitative estimate of drug-likeness (QED) is 0.486. The van der Waals surface area contributed by atoms with Crippen LogP contribution in [-0.2, 0) is 4.74 Å². The Kier molecular flexibility index (Phi) is 3.69. The molecule has 4 atom stereocenters. The van der Waals surface area contributed by atoms with Gasteiger partial charge in [-0.05, 0) is 12.1 Å². The molecule has 9 heteroatoms. The van der Waals surface area contributed by atoms with Crippen LogP contribution in [0, 0.1) is 0 Å². The average molecular weight is 368 g/mol. The lowest BCUT2D eigenvalue weighted by Crippen LogP contribution is -2.33. The Morgan fingerprint density at radius 3 is 2.70 bits per heavy atom. The molecule has 4 heterocycles. The van der Waals surface area contributed by atoms with Gasteiger partial charge in [-0.15, -0.1) is 0 Å². The molecule has 1 aromatic carbocycles. The first-order chi connectivity index (χ1) is 13.2. The largest absolute Gasteiger partial charge is 0.454 e. The van der Waals surface area contributed by atoms with Gasteiger partial charge in [-0.25, -0.2) is 15.0 Å². The summed E-state index contributed by atoms with van der Waals surface area (Å²) in [7, 11) is 0. The van der Waals surface area contributed by atoms with Crippen molar-refractivity contribution in [2.75, 3.05) is 6.61 Å². The van der Waals surface area contributed by atoms with E-state index in [-0.39, 0.29) is 0 Å². The van der Waals surface area contributed by atoms with Gasteiger partial charge in [0.2, 0.25) is 0 Å². The van der Waals surface area contributed by atoms with Crippen molar-refractivity contribution < 1.29 is 24.5 Å². The molecule has 1 unspecified atom stereocenters. The Hall–Kier alpha value is -2.85. The molecule has 27 heavy (non-hydrogen) atoms. The van der Waals surface area contributed by atoms with Gasteiger partial charge >= 0.3 is 0 Å². The van der Waals surface area contributed by atoms with E-state index in [2.05, 4.69) is 15.0 Å². The predicted octanol–water partition coefficient (Wildman–Crippen LogP) is 0.851. The summed E-state index contributed by atoms with van der Waals surface area (Å²) >= 11 is 0. The molecule has 0 amide bonds. The first kappa shape index (κ1) is 16.3. The summed E-state index contributed by atoms with van der Waals surface area (Å²) < 4.78 is 13.0. The summed E-state index contributed by atoms with van der Waals surface area (Å²) in [6.45, 7) is -0.402. The van der Waals surface area contributed by atoms with Crippen LogP contribution in [0.1, 0.15) is 6.23 Å². The zero-order valence-electron chi connectivity index (χ0n) is 14.0. The van der Waals surface area contributed by atoms with E-state index in [1.54, 1.807) is 0 Å². The van der Waals surface area contributed by atoms with Crippen molar-refractivity contribution in [1.82, 2.24) is 19.5 Å². The lowest BCUT2D eigenvalue weighted by molar-refractivity contribution is -0.0511. The maximum absolute atomic E-state index is 10.3. The fourth-order valence-electron chi connectivity index (χ4n) is 3.43. The number of benzene rings is 1. The van der Waals surface area contributed by atoms with Gasteiger partial charge in [0.05, 0.1) is 12.9 Å². The fourth-order valence-corrected chi connectivity index (χ4v) is 3.43. The molecule has 0 bridgehead atoms. The SMILES string of the molecule is OC[C@H]1OC(n2cnc3c(-c4cc5ccccc5o4)ncnc32)[C@H](O)[C@@H]1O. The van der Waals surface area contributed by atoms with Gasteiger partial charge in [0, 0.05) is 5.39 Å². The van der Waals surface area contributed by atoms with Crippen LogP contribution in [0.2, 0.25) is 0 Å². The molecule has 1 aliphatic heterocycles. The smallest absolute Gasteiger partial charge is 0.166 e. The average Bonchev–Trinajstić information content (AvgIpc) is 3.38. The molecule has 1 saturated heterocycles. The van der Waals surface area contributed by atoms with Gasteiger partial charge in [0.25, 0.3) is 0 Å². The van der Waals surface area contributed by atoms with Gasteiger partial charge in [-0.1, -0.05) is 18.2 Å². The molecular weight excluding hydrogens is 352 g/mol. The Balaban J connectivity index is 1.61. The fraction of sp³-hybridized carbons (Fsp3) is 0.278. The number of hydrogen-bond acceptors (Lipinski definition) is 8. The van der Waals surface area contributed by atoms with E-state index in [4.69, 9.17) is 9.15 Å². The van der Waals surface area contributed by atoms with Crippen LogP contribution in [0.15, 0.2) is 47.4 Å². The molecule has 4 aromatic rings. The molecular formula is C18H16N4O5. The van der Waals surface area contributed by atoms with Gasteiger partial charge in [-0.3, -0.25) is 4.57 Å². The van der Waals surface area contributed by atoms with Gasteiger partial charge < -0.3 is 24.5 Å². The number of aliphatic hydroxyl groups excluding tert-OH is 3. The summed E-state index contributed by atoms with van der Waals surface area (Å²) in [6, 6.07) is 9.51. The lowest BCUT2D eigenvalue weighted by atomic mass is 10.1. The van der Waals surface area contributed by atoms with Crippen molar-refractivity contribution in [3.8, 4) is 11.5 Å². The Morgan fingerprint density at radius 1 is 1.07 bits per heavy atom. The Labute approximate surface area is 152 Å². The number of aromatic nitrogens is 4. The van der Waals surface area contributed by atoms with Crippen molar-refractivity contribution in [2.45, 2.75) is 24.5 Å². The van der Waals surface area contributed by atoms with E-state index in [1.807, 2.05) is 30.3 Å². The van der Waals surface area contributed by atoms with Gasteiger partial charge in [-0.2, -0.15) is 0 Å². The number of imidazole rings is 1. The second kappa shape index (κ2) is 6.10. The zero-order valence-corrected chi connectivity index (χ0v) is 14.0. The van der Waals surface area contributed by atoms with Crippen molar-refractivity contribution in [3.05, 3.63) is 43.0 Å². The van der Waals surface area contributed by atoms with E-state index < -0.39 is 31.1 Å². The molecule has 3 N–H and O–H groups in total. The summed E-state index contributed by atoms with van der Waals surface area (Å²) in [6.07, 6.45) is -1.37. The third kappa shape index (κ3) is 2.44. The van der Waals surface area contributed by atoms with E-state index in [0.29, 0.717) is 22.6 Å².